The fourth-order valence-electron chi connectivity index (χ4n) is 4.96. The summed E-state index contributed by atoms with van der Waals surface area (Å²) >= 11 is 0. The van der Waals surface area contributed by atoms with Gasteiger partial charge in [0.25, 0.3) is 0 Å². The summed E-state index contributed by atoms with van der Waals surface area (Å²) in [4.78, 5) is 0. The van der Waals surface area contributed by atoms with E-state index in [1.165, 1.54) is 62.5 Å². The van der Waals surface area contributed by atoms with Crippen LogP contribution in [0.25, 0.3) is 0 Å². The van der Waals surface area contributed by atoms with Crippen molar-refractivity contribution in [3.05, 3.63) is 70.8 Å². The number of hydrogen-bond donors (Lipinski definition) is 0. The van der Waals surface area contributed by atoms with Crippen molar-refractivity contribution in [1.82, 2.24) is 0 Å². The molecule has 0 bridgehead atoms. The molecule has 1 aliphatic carbocycles. The zero-order chi connectivity index (χ0) is 22.8. The Balaban J connectivity index is 1.46. The van der Waals surface area contributed by atoms with Gasteiger partial charge in [-0.05, 0) is 67.1 Å². The molecule has 3 heteroatoms. The van der Waals surface area contributed by atoms with E-state index in [0.29, 0.717) is 12.3 Å². The number of ether oxygens (including phenoxy) is 1. The number of halogens is 2. The highest BCUT2D eigenvalue weighted by Crippen LogP contribution is 2.39. The summed E-state index contributed by atoms with van der Waals surface area (Å²) in [7, 11) is 0. The van der Waals surface area contributed by atoms with Crippen molar-refractivity contribution in [3.8, 4) is 0 Å². The van der Waals surface area contributed by atoms with Crippen molar-refractivity contribution in [2.24, 2.45) is 5.92 Å². The van der Waals surface area contributed by atoms with E-state index >= 15 is 0 Å². The Kier molecular flexibility index (Phi) is 9.71. The van der Waals surface area contributed by atoms with Crippen LogP contribution in [0, 0.1) is 5.92 Å². The van der Waals surface area contributed by atoms with Crippen LogP contribution in [0.4, 0.5) is 8.78 Å². The van der Waals surface area contributed by atoms with E-state index in [4.69, 9.17) is 4.74 Å². The van der Waals surface area contributed by atoms with E-state index in [1.54, 1.807) is 12.1 Å². The first kappa shape index (κ1) is 24.9. The highest BCUT2D eigenvalue weighted by molar-refractivity contribution is 5.28. The maximum atomic E-state index is 14.6. The van der Waals surface area contributed by atoms with E-state index in [2.05, 4.69) is 26.0 Å². The summed E-state index contributed by atoms with van der Waals surface area (Å²) in [5.41, 5.74) is 3.46. The van der Waals surface area contributed by atoms with Crippen LogP contribution in [0.15, 0.2) is 48.5 Å². The van der Waals surface area contributed by atoms with Crippen LogP contribution in [0.3, 0.4) is 0 Å². The zero-order valence-electron chi connectivity index (χ0n) is 19.9. The normalized spacial score (nSPS) is 19.2. The van der Waals surface area contributed by atoms with Gasteiger partial charge in [-0.15, -0.1) is 0 Å². The average Bonchev–Trinajstić information content (AvgIpc) is 2.81. The summed E-state index contributed by atoms with van der Waals surface area (Å²) in [5.74, 6) is 1.37. The molecule has 0 aliphatic heterocycles. The molecular formula is C29H40F2O. The topological polar surface area (TPSA) is 9.23 Å². The van der Waals surface area contributed by atoms with Gasteiger partial charge in [-0.3, -0.25) is 0 Å². The Bertz CT molecular complexity index is 774. The minimum Gasteiger partial charge on any atom is -0.316 e. The molecule has 0 unspecified atom stereocenters. The standard InChI is InChI=1S/C29H40F2O/c1-3-5-6-8-24-13-15-26(16-14-24)27-17-19-28(20-18-27)29(30,31)32-22-21-25-11-9-23(7-4-2)10-12-25/h9-12,17-20,24,26H,3-8,13-16,21-22H2,1-2H3/t24-,26-. The summed E-state index contributed by atoms with van der Waals surface area (Å²) in [6, 6.07) is 15.1. The maximum absolute atomic E-state index is 14.6. The molecule has 0 spiro atoms. The van der Waals surface area contributed by atoms with Gasteiger partial charge in [-0.1, -0.05) is 94.5 Å². The molecule has 1 fully saturated rings. The second-order valence-corrected chi connectivity index (χ2v) is 9.52. The number of alkyl halides is 2. The summed E-state index contributed by atoms with van der Waals surface area (Å²) < 4.78 is 34.2. The molecule has 32 heavy (non-hydrogen) atoms. The van der Waals surface area contributed by atoms with Gasteiger partial charge in [0.05, 0.1) is 12.2 Å². The summed E-state index contributed by atoms with van der Waals surface area (Å²) in [6.45, 7) is 4.40. The molecule has 2 aromatic carbocycles. The van der Waals surface area contributed by atoms with Gasteiger partial charge in [0, 0.05) is 0 Å². The lowest BCUT2D eigenvalue weighted by Gasteiger charge is -2.29. The lowest BCUT2D eigenvalue weighted by molar-refractivity contribution is -0.248. The highest BCUT2D eigenvalue weighted by atomic mass is 19.3. The largest absolute Gasteiger partial charge is 0.383 e. The molecule has 176 valence electrons. The van der Waals surface area contributed by atoms with Crippen molar-refractivity contribution < 1.29 is 13.5 Å². The first-order chi connectivity index (χ1) is 15.5. The first-order valence-corrected chi connectivity index (χ1v) is 12.7. The number of benzene rings is 2. The Labute approximate surface area is 193 Å². The molecule has 0 heterocycles. The predicted octanol–water partition coefficient (Wildman–Crippen LogP) is 8.80. The predicted molar refractivity (Wildman–Crippen MR) is 129 cm³/mol. The molecule has 0 atom stereocenters. The zero-order valence-corrected chi connectivity index (χ0v) is 19.9. The van der Waals surface area contributed by atoms with Gasteiger partial charge in [0.2, 0.25) is 0 Å². The van der Waals surface area contributed by atoms with E-state index < -0.39 is 6.11 Å². The Morgan fingerprint density at radius 2 is 1.41 bits per heavy atom. The third-order valence-electron chi connectivity index (χ3n) is 7.02. The number of rotatable bonds is 12. The van der Waals surface area contributed by atoms with Crippen molar-refractivity contribution >= 4 is 0 Å². The van der Waals surface area contributed by atoms with Crippen LogP contribution in [-0.2, 0) is 23.7 Å². The van der Waals surface area contributed by atoms with Crippen LogP contribution in [-0.4, -0.2) is 6.61 Å². The summed E-state index contributed by atoms with van der Waals surface area (Å²) in [6.07, 6.45) is 9.61. The van der Waals surface area contributed by atoms with Crippen LogP contribution in [0.2, 0.25) is 0 Å². The second-order valence-electron chi connectivity index (χ2n) is 9.52. The van der Waals surface area contributed by atoms with Gasteiger partial charge in [0.15, 0.2) is 0 Å². The van der Waals surface area contributed by atoms with Crippen LogP contribution >= 0.6 is 0 Å². The molecule has 0 N–H and O–H groups in total. The molecule has 1 nitrogen and oxygen atoms in total. The Hall–Kier alpha value is -1.74. The lowest BCUT2D eigenvalue weighted by atomic mass is 9.77. The second kappa shape index (κ2) is 12.5. The van der Waals surface area contributed by atoms with Crippen molar-refractivity contribution in [2.75, 3.05) is 6.61 Å². The van der Waals surface area contributed by atoms with Crippen molar-refractivity contribution in [3.63, 3.8) is 0 Å². The van der Waals surface area contributed by atoms with Crippen LogP contribution in [0.1, 0.15) is 99.8 Å². The minimum absolute atomic E-state index is 0.00389. The van der Waals surface area contributed by atoms with E-state index in [1.807, 2.05) is 24.3 Å². The fourth-order valence-corrected chi connectivity index (χ4v) is 4.96. The van der Waals surface area contributed by atoms with Gasteiger partial charge in [-0.25, -0.2) is 0 Å². The molecule has 0 aromatic heterocycles. The minimum atomic E-state index is -3.25. The Morgan fingerprint density at radius 3 is 2.00 bits per heavy atom. The van der Waals surface area contributed by atoms with Crippen molar-refractivity contribution in [1.29, 1.82) is 0 Å². The molecule has 0 radical (unpaired) electrons. The van der Waals surface area contributed by atoms with Gasteiger partial charge >= 0.3 is 6.11 Å². The van der Waals surface area contributed by atoms with Gasteiger partial charge < -0.3 is 4.74 Å². The SMILES string of the molecule is CCCCC[C@H]1CC[C@H](c2ccc(C(F)(F)OCCc3ccc(CCC)cc3)cc2)CC1. The van der Waals surface area contributed by atoms with E-state index in [-0.39, 0.29) is 12.2 Å². The molecular weight excluding hydrogens is 402 g/mol. The van der Waals surface area contributed by atoms with Crippen molar-refractivity contribution in [2.45, 2.75) is 96.5 Å². The number of hydrogen-bond acceptors (Lipinski definition) is 1. The molecule has 3 rings (SSSR count). The average molecular weight is 443 g/mol. The molecule has 0 saturated heterocycles. The van der Waals surface area contributed by atoms with Crippen LogP contribution < -0.4 is 0 Å². The van der Waals surface area contributed by atoms with Gasteiger partial charge in [0.1, 0.15) is 0 Å². The number of unbranched alkanes of at least 4 members (excludes halogenated alkanes) is 2. The smallest absolute Gasteiger partial charge is 0.316 e. The Morgan fingerprint density at radius 1 is 0.781 bits per heavy atom. The molecule has 2 aromatic rings. The highest BCUT2D eigenvalue weighted by Gasteiger charge is 2.33. The monoisotopic (exact) mass is 442 g/mol. The van der Waals surface area contributed by atoms with Gasteiger partial charge in [-0.2, -0.15) is 8.78 Å². The molecule has 0 amide bonds. The summed E-state index contributed by atoms with van der Waals surface area (Å²) in [5, 5.41) is 0. The first-order valence-electron chi connectivity index (χ1n) is 12.7. The third kappa shape index (κ3) is 7.40. The maximum Gasteiger partial charge on any atom is 0.383 e. The lowest BCUT2D eigenvalue weighted by Crippen LogP contribution is -2.20. The number of aryl methyl sites for hydroxylation is 1. The quantitative estimate of drug-likeness (QED) is 0.298. The van der Waals surface area contributed by atoms with Crippen LogP contribution in [0.5, 0.6) is 0 Å². The van der Waals surface area contributed by atoms with E-state index in [0.717, 1.165) is 24.3 Å². The molecule has 1 saturated carbocycles. The molecule has 1 aliphatic rings. The third-order valence-corrected chi connectivity index (χ3v) is 7.02. The van der Waals surface area contributed by atoms with E-state index in [9.17, 15) is 8.78 Å². The fraction of sp³-hybridized carbons (Fsp3) is 0.586.